The number of hydrogen-bond donors (Lipinski definition) is 3. The smallest absolute Gasteiger partial charge is 0.243 e. The highest BCUT2D eigenvalue weighted by molar-refractivity contribution is 7.89. The molecule has 0 radical (unpaired) electrons. The van der Waals surface area contributed by atoms with E-state index in [-0.39, 0.29) is 10.6 Å². The first-order valence-corrected chi connectivity index (χ1v) is 8.12. The Morgan fingerprint density at radius 2 is 1.86 bits per heavy atom. The molecule has 1 aromatic rings. The van der Waals surface area contributed by atoms with E-state index in [1.54, 1.807) is 19.1 Å². The number of aryl methyl sites for hydroxylation is 1. The van der Waals surface area contributed by atoms with Gasteiger partial charge in [-0.2, -0.15) is 4.72 Å². The standard InChI is InChI=1S/C14H23N3O3S/c1-9-7-6-8-11(15)12(9)21(19,20)17-10(2)13(18)16-14(3,4)5/h6-8,10,17H,15H2,1-5H3,(H,16,18). The van der Waals surface area contributed by atoms with Gasteiger partial charge in [-0.15, -0.1) is 0 Å². The van der Waals surface area contributed by atoms with E-state index in [1.165, 1.54) is 13.0 Å². The maximum absolute atomic E-state index is 12.4. The molecule has 1 unspecified atom stereocenters. The molecule has 4 N–H and O–H groups in total. The summed E-state index contributed by atoms with van der Waals surface area (Å²) >= 11 is 0. The number of nitrogens with two attached hydrogens (primary N) is 1. The van der Waals surface area contributed by atoms with E-state index in [0.717, 1.165) is 0 Å². The van der Waals surface area contributed by atoms with Crippen LogP contribution in [0.3, 0.4) is 0 Å². The van der Waals surface area contributed by atoms with Crippen LogP contribution >= 0.6 is 0 Å². The van der Waals surface area contributed by atoms with E-state index < -0.39 is 27.5 Å². The van der Waals surface area contributed by atoms with Crippen LogP contribution in [0.1, 0.15) is 33.3 Å². The summed E-state index contributed by atoms with van der Waals surface area (Å²) < 4.78 is 27.1. The molecule has 0 saturated heterocycles. The predicted octanol–water partition coefficient (Wildman–Crippen LogP) is 1.16. The van der Waals surface area contributed by atoms with Crippen molar-refractivity contribution in [3.8, 4) is 0 Å². The Balaban J connectivity index is 2.98. The molecule has 0 fully saturated rings. The lowest BCUT2D eigenvalue weighted by Gasteiger charge is -2.24. The fourth-order valence-electron chi connectivity index (χ4n) is 1.87. The second-order valence-corrected chi connectivity index (χ2v) is 7.73. The molecule has 118 valence electrons. The summed E-state index contributed by atoms with van der Waals surface area (Å²) in [4.78, 5) is 12.0. The molecule has 0 aliphatic rings. The normalized spacial score (nSPS) is 13.8. The lowest BCUT2D eigenvalue weighted by molar-refractivity contribution is -0.123. The van der Waals surface area contributed by atoms with Gasteiger partial charge in [0, 0.05) is 5.54 Å². The van der Waals surface area contributed by atoms with Crippen molar-refractivity contribution < 1.29 is 13.2 Å². The van der Waals surface area contributed by atoms with Gasteiger partial charge in [-0.05, 0) is 46.2 Å². The number of anilines is 1. The molecule has 0 saturated carbocycles. The third-order valence-electron chi connectivity index (χ3n) is 2.73. The van der Waals surface area contributed by atoms with E-state index in [0.29, 0.717) is 5.56 Å². The molecule has 0 aliphatic carbocycles. The highest BCUT2D eigenvalue weighted by atomic mass is 32.2. The number of carbonyl (C=O) groups is 1. The van der Waals surface area contributed by atoms with Crippen LogP contribution < -0.4 is 15.8 Å². The first-order valence-electron chi connectivity index (χ1n) is 6.63. The van der Waals surface area contributed by atoms with Crippen LogP contribution in [0.2, 0.25) is 0 Å². The third kappa shape index (κ3) is 4.71. The van der Waals surface area contributed by atoms with Crippen molar-refractivity contribution in [2.45, 2.75) is 51.1 Å². The second kappa shape index (κ2) is 6.03. The van der Waals surface area contributed by atoms with Gasteiger partial charge in [0.25, 0.3) is 0 Å². The van der Waals surface area contributed by atoms with E-state index in [4.69, 9.17) is 5.73 Å². The fraction of sp³-hybridized carbons (Fsp3) is 0.500. The average Bonchev–Trinajstić information content (AvgIpc) is 2.24. The minimum atomic E-state index is -3.86. The van der Waals surface area contributed by atoms with Gasteiger partial charge >= 0.3 is 0 Å². The Bertz CT molecular complexity index is 613. The van der Waals surface area contributed by atoms with Crippen LogP contribution in [0.15, 0.2) is 23.1 Å². The highest BCUT2D eigenvalue weighted by Gasteiger charge is 2.26. The average molecular weight is 313 g/mol. The molecule has 7 heteroatoms. The van der Waals surface area contributed by atoms with Gasteiger partial charge in [0.1, 0.15) is 4.90 Å². The molecule has 0 heterocycles. The van der Waals surface area contributed by atoms with Crippen molar-refractivity contribution in [1.29, 1.82) is 0 Å². The monoisotopic (exact) mass is 313 g/mol. The van der Waals surface area contributed by atoms with Crippen LogP contribution in [-0.4, -0.2) is 25.9 Å². The quantitative estimate of drug-likeness (QED) is 0.726. The summed E-state index contributed by atoms with van der Waals surface area (Å²) in [6, 6.07) is 3.96. The first-order chi connectivity index (χ1) is 9.44. The largest absolute Gasteiger partial charge is 0.398 e. The Labute approximate surface area is 126 Å². The van der Waals surface area contributed by atoms with E-state index in [1.807, 2.05) is 20.8 Å². The summed E-state index contributed by atoms with van der Waals surface area (Å²) in [6.07, 6.45) is 0. The van der Waals surface area contributed by atoms with Gasteiger partial charge in [0.05, 0.1) is 11.7 Å². The van der Waals surface area contributed by atoms with E-state index in [2.05, 4.69) is 10.0 Å². The maximum atomic E-state index is 12.4. The molecule has 1 atom stereocenters. The van der Waals surface area contributed by atoms with Crippen molar-refractivity contribution in [2.75, 3.05) is 5.73 Å². The predicted molar refractivity (Wildman–Crippen MR) is 83.3 cm³/mol. The van der Waals surface area contributed by atoms with Crippen molar-refractivity contribution in [3.05, 3.63) is 23.8 Å². The van der Waals surface area contributed by atoms with Crippen LogP contribution in [0.4, 0.5) is 5.69 Å². The van der Waals surface area contributed by atoms with Gasteiger partial charge in [-0.25, -0.2) is 8.42 Å². The number of hydrogen-bond acceptors (Lipinski definition) is 4. The number of benzene rings is 1. The van der Waals surface area contributed by atoms with Gasteiger partial charge < -0.3 is 11.1 Å². The highest BCUT2D eigenvalue weighted by Crippen LogP contribution is 2.22. The molecule has 0 aliphatic heterocycles. The minimum Gasteiger partial charge on any atom is -0.398 e. The van der Waals surface area contributed by atoms with Gasteiger partial charge in [-0.3, -0.25) is 4.79 Å². The number of sulfonamides is 1. The molecule has 0 bridgehead atoms. The lowest BCUT2D eigenvalue weighted by Crippen LogP contribution is -2.50. The second-order valence-electron chi connectivity index (χ2n) is 6.08. The molecule has 21 heavy (non-hydrogen) atoms. The topological polar surface area (TPSA) is 101 Å². The van der Waals surface area contributed by atoms with Crippen LogP contribution in [0.25, 0.3) is 0 Å². The Hall–Kier alpha value is -1.60. The zero-order valence-electron chi connectivity index (χ0n) is 13.0. The number of rotatable bonds is 4. The maximum Gasteiger partial charge on any atom is 0.243 e. The van der Waals surface area contributed by atoms with Crippen LogP contribution in [-0.2, 0) is 14.8 Å². The molecular formula is C14H23N3O3S. The van der Waals surface area contributed by atoms with Crippen LogP contribution in [0, 0.1) is 6.92 Å². The van der Waals surface area contributed by atoms with Crippen molar-refractivity contribution in [3.63, 3.8) is 0 Å². The Kier molecular flexibility index (Phi) is 5.01. The van der Waals surface area contributed by atoms with E-state index in [9.17, 15) is 13.2 Å². The van der Waals surface area contributed by atoms with Crippen molar-refractivity contribution in [1.82, 2.24) is 10.0 Å². The van der Waals surface area contributed by atoms with Crippen LogP contribution in [0.5, 0.6) is 0 Å². The molecule has 6 nitrogen and oxygen atoms in total. The zero-order chi connectivity index (χ0) is 16.4. The zero-order valence-corrected chi connectivity index (χ0v) is 13.8. The molecular weight excluding hydrogens is 290 g/mol. The molecule has 1 aromatic carbocycles. The van der Waals surface area contributed by atoms with Crippen molar-refractivity contribution in [2.24, 2.45) is 0 Å². The van der Waals surface area contributed by atoms with Gasteiger partial charge in [-0.1, -0.05) is 12.1 Å². The molecule has 0 spiro atoms. The summed E-state index contributed by atoms with van der Waals surface area (Å²) in [6.45, 7) is 8.63. The summed E-state index contributed by atoms with van der Waals surface area (Å²) in [5, 5.41) is 2.73. The fourth-order valence-corrected chi connectivity index (χ4v) is 3.43. The van der Waals surface area contributed by atoms with Gasteiger partial charge in [0.15, 0.2) is 0 Å². The molecule has 0 aromatic heterocycles. The summed E-state index contributed by atoms with van der Waals surface area (Å²) in [5.41, 5.74) is 6.00. The number of nitrogen functional groups attached to an aromatic ring is 1. The first kappa shape index (κ1) is 17.5. The van der Waals surface area contributed by atoms with Crippen molar-refractivity contribution >= 4 is 21.6 Å². The molecule has 1 amide bonds. The Morgan fingerprint density at radius 1 is 1.29 bits per heavy atom. The summed E-state index contributed by atoms with van der Waals surface area (Å²) in [5.74, 6) is -0.391. The lowest BCUT2D eigenvalue weighted by atomic mass is 10.1. The summed E-state index contributed by atoms with van der Waals surface area (Å²) in [7, 11) is -3.86. The Morgan fingerprint density at radius 3 is 2.33 bits per heavy atom. The third-order valence-corrected chi connectivity index (χ3v) is 4.49. The number of amides is 1. The number of nitrogens with one attached hydrogen (secondary N) is 2. The minimum absolute atomic E-state index is 0.0143. The van der Waals surface area contributed by atoms with Gasteiger partial charge in [0.2, 0.25) is 15.9 Å². The number of carbonyl (C=O) groups excluding carboxylic acids is 1. The van der Waals surface area contributed by atoms with E-state index >= 15 is 0 Å². The SMILES string of the molecule is Cc1cccc(N)c1S(=O)(=O)NC(C)C(=O)NC(C)(C)C. The molecule has 1 rings (SSSR count).